The Labute approximate surface area is 117 Å². The van der Waals surface area contributed by atoms with Crippen LogP contribution in [-0.2, 0) is 11.3 Å². The van der Waals surface area contributed by atoms with E-state index in [1.165, 1.54) is 0 Å². The standard InChI is InChI=1S/C12H20N6O2/c1-9-8-17(5-2-6-20-9)12(19)13-7-11-14-15-16-18(11)10-3-4-10/h9-10H,2-8H2,1H3,(H,13,19). The monoisotopic (exact) mass is 280 g/mol. The molecular formula is C12H20N6O2. The molecule has 1 saturated carbocycles. The third-order valence-electron chi connectivity index (χ3n) is 3.59. The van der Waals surface area contributed by atoms with Gasteiger partial charge in [0, 0.05) is 19.7 Å². The molecular weight excluding hydrogens is 260 g/mol. The van der Waals surface area contributed by atoms with Gasteiger partial charge >= 0.3 is 6.03 Å². The molecule has 1 aliphatic carbocycles. The van der Waals surface area contributed by atoms with Gasteiger partial charge in [0.25, 0.3) is 0 Å². The summed E-state index contributed by atoms with van der Waals surface area (Å²) < 4.78 is 7.35. The van der Waals surface area contributed by atoms with Crippen molar-refractivity contribution in [3.05, 3.63) is 5.82 Å². The number of hydrogen-bond donors (Lipinski definition) is 1. The van der Waals surface area contributed by atoms with Crippen LogP contribution in [0.15, 0.2) is 0 Å². The molecule has 0 radical (unpaired) electrons. The highest BCUT2D eigenvalue weighted by atomic mass is 16.5. The van der Waals surface area contributed by atoms with Crippen molar-refractivity contribution in [3.63, 3.8) is 0 Å². The Morgan fingerprint density at radius 2 is 2.35 bits per heavy atom. The van der Waals surface area contributed by atoms with Crippen LogP contribution in [0.25, 0.3) is 0 Å². The van der Waals surface area contributed by atoms with E-state index in [1.54, 1.807) is 4.90 Å². The van der Waals surface area contributed by atoms with E-state index >= 15 is 0 Å². The Hall–Kier alpha value is -1.70. The molecule has 2 amide bonds. The van der Waals surface area contributed by atoms with E-state index in [1.807, 2.05) is 11.6 Å². The summed E-state index contributed by atoms with van der Waals surface area (Å²) in [6, 6.07) is 0.344. The molecule has 1 saturated heterocycles. The van der Waals surface area contributed by atoms with E-state index in [2.05, 4.69) is 20.8 Å². The number of nitrogens with zero attached hydrogens (tertiary/aromatic N) is 5. The third-order valence-corrected chi connectivity index (χ3v) is 3.59. The first-order valence-electron chi connectivity index (χ1n) is 7.15. The quantitative estimate of drug-likeness (QED) is 0.862. The second-order valence-corrected chi connectivity index (χ2v) is 5.41. The molecule has 110 valence electrons. The van der Waals surface area contributed by atoms with Crippen LogP contribution in [0.4, 0.5) is 4.79 Å². The van der Waals surface area contributed by atoms with Crippen molar-refractivity contribution >= 4 is 6.03 Å². The van der Waals surface area contributed by atoms with Crippen molar-refractivity contribution in [1.82, 2.24) is 30.4 Å². The lowest BCUT2D eigenvalue weighted by Crippen LogP contribution is -2.42. The molecule has 1 aromatic rings. The maximum atomic E-state index is 12.2. The lowest BCUT2D eigenvalue weighted by molar-refractivity contribution is 0.0710. The van der Waals surface area contributed by atoms with Gasteiger partial charge in [0.1, 0.15) is 0 Å². The molecule has 1 N–H and O–H groups in total. The fraction of sp³-hybridized carbons (Fsp3) is 0.833. The first-order valence-corrected chi connectivity index (χ1v) is 7.15. The number of tetrazole rings is 1. The smallest absolute Gasteiger partial charge is 0.317 e. The number of aromatic nitrogens is 4. The van der Waals surface area contributed by atoms with Gasteiger partial charge in [0.15, 0.2) is 5.82 Å². The number of ether oxygens (including phenoxy) is 1. The van der Waals surface area contributed by atoms with Crippen LogP contribution in [0.5, 0.6) is 0 Å². The second-order valence-electron chi connectivity index (χ2n) is 5.41. The van der Waals surface area contributed by atoms with Crippen molar-refractivity contribution < 1.29 is 9.53 Å². The molecule has 2 fully saturated rings. The number of rotatable bonds is 3. The molecule has 8 nitrogen and oxygen atoms in total. The topological polar surface area (TPSA) is 85.2 Å². The Morgan fingerprint density at radius 1 is 1.50 bits per heavy atom. The minimum absolute atomic E-state index is 0.0762. The highest BCUT2D eigenvalue weighted by Gasteiger charge is 2.28. The highest BCUT2D eigenvalue weighted by molar-refractivity contribution is 5.74. The van der Waals surface area contributed by atoms with Crippen molar-refractivity contribution in [1.29, 1.82) is 0 Å². The van der Waals surface area contributed by atoms with Gasteiger partial charge < -0.3 is 15.0 Å². The van der Waals surface area contributed by atoms with Crippen LogP contribution in [0.3, 0.4) is 0 Å². The first-order chi connectivity index (χ1) is 9.74. The summed E-state index contributed by atoms with van der Waals surface area (Å²) in [6.07, 6.45) is 3.19. The number of carbonyl (C=O) groups is 1. The maximum Gasteiger partial charge on any atom is 0.317 e. The van der Waals surface area contributed by atoms with Gasteiger partial charge in [-0.25, -0.2) is 9.48 Å². The molecule has 0 aromatic carbocycles. The van der Waals surface area contributed by atoms with Crippen molar-refractivity contribution in [3.8, 4) is 0 Å². The lowest BCUT2D eigenvalue weighted by atomic mass is 10.3. The Bertz CT molecular complexity index is 472. The molecule has 3 rings (SSSR count). The van der Waals surface area contributed by atoms with Gasteiger partial charge in [-0.05, 0) is 36.6 Å². The van der Waals surface area contributed by atoms with Crippen molar-refractivity contribution in [2.75, 3.05) is 19.7 Å². The van der Waals surface area contributed by atoms with Crippen molar-refractivity contribution in [2.45, 2.75) is 44.9 Å². The molecule has 0 bridgehead atoms. The summed E-state index contributed by atoms with van der Waals surface area (Å²) in [6.45, 7) is 4.42. The summed E-state index contributed by atoms with van der Waals surface area (Å²) in [5.74, 6) is 0.722. The predicted molar refractivity (Wildman–Crippen MR) is 69.9 cm³/mol. The molecule has 1 aromatic heterocycles. The van der Waals surface area contributed by atoms with Gasteiger partial charge in [0.05, 0.1) is 18.7 Å². The van der Waals surface area contributed by atoms with E-state index in [0.717, 1.165) is 31.6 Å². The van der Waals surface area contributed by atoms with Gasteiger partial charge in [-0.2, -0.15) is 0 Å². The first kappa shape index (κ1) is 13.3. The molecule has 1 unspecified atom stereocenters. The minimum Gasteiger partial charge on any atom is -0.377 e. The number of urea groups is 1. The summed E-state index contributed by atoms with van der Waals surface area (Å²) in [5.41, 5.74) is 0. The number of nitrogens with one attached hydrogen (secondary N) is 1. The molecule has 20 heavy (non-hydrogen) atoms. The van der Waals surface area contributed by atoms with E-state index in [0.29, 0.717) is 25.7 Å². The Balaban J connectivity index is 1.54. The van der Waals surface area contributed by atoms with Gasteiger partial charge in [0.2, 0.25) is 0 Å². The zero-order valence-electron chi connectivity index (χ0n) is 11.7. The lowest BCUT2D eigenvalue weighted by Gasteiger charge is -2.22. The molecule has 1 atom stereocenters. The van der Waals surface area contributed by atoms with Gasteiger partial charge in [-0.3, -0.25) is 0 Å². The van der Waals surface area contributed by atoms with E-state index < -0.39 is 0 Å². The normalized spacial score (nSPS) is 23.4. The highest BCUT2D eigenvalue weighted by Crippen LogP contribution is 2.34. The third kappa shape index (κ3) is 3.06. The average Bonchev–Trinajstić information content (AvgIpc) is 3.21. The number of hydrogen-bond acceptors (Lipinski definition) is 5. The largest absolute Gasteiger partial charge is 0.377 e. The molecule has 0 spiro atoms. The van der Waals surface area contributed by atoms with Crippen LogP contribution < -0.4 is 5.32 Å². The van der Waals surface area contributed by atoms with Gasteiger partial charge in [-0.1, -0.05) is 0 Å². The van der Waals surface area contributed by atoms with Crippen LogP contribution in [0.2, 0.25) is 0 Å². The van der Waals surface area contributed by atoms with Crippen LogP contribution >= 0.6 is 0 Å². The van der Waals surface area contributed by atoms with Gasteiger partial charge in [-0.15, -0.1) is 5.10 Å². The Kier molecular flexibility index (Phi) is 3.81. The summed E-state index contributed by atoms with van der Waals surface area (Å²) in [5, 5.41) is 14.5. The van der Waals surface area contributed by atoms with E-state index in [4.69, 9.17) is 4.74 Å². The fourth-order valence-corrected chi connectivity index (χ4v) is 2.38. The zero-order valence-corrected chi connectivity index (χ0v) is 11.7. The summed E-state index contributed by atoms with van der Waals surface area (Å²) >= 11 is 0. The molecule has 1 aliphatic heterocycles. The summed E-state index contributed by atoms with van der Waals surface area (Å²) in [4.78, 5) is 14.0. The number of carbonyl (C=O) groups excluding carboxylic acids is 1. The fourth-order valence-electron chi connectivity index (χ4n) is 2.38. The van der Waals surface area contributed by atoms with Crippen molar-refractivity contribution in [2.24, 2.45) is 0 Å². The van der Waals surface area contributed by atoms with E-state index in [9.17, 15) is 4.79 Å². The van der Waals surface area contributed by atoms with Crippen LogP contribution in [-0.4, -0.2) is 56.9 Å². The second kappa shape index (κ2) is 5.74. The van der Waals surface area contributed by atoms with Crippen LogP contribution in [0, 0.1) is 0 Å². The predicted octanol–water partition coefficient (Wildman–Crippen LogP) is 0.328. The maximum absolute atomic E-state index is 12.2. The van der Waals surface area contributed by atoms with E-state index in [-0.39, 0.29) is 12.1 Å². The SMILES string of the molecule is CC1CN(C(=O)NCc2nnnn2C2CC2)CCCO1. The number of amides is 2. The molecule has 8 heteroatoms. The van der Waals surface area contributed by atoms with Crippen LogP contribution in [0.1, 0.15) is 38.1 Å². The average molecular weight is 280 g/mol. The Morgan fingerprint density at radius 3 is 3.15 bits per heavy atom. The molecule has 2 aliphatic rings. The molecule has 2 heterocycles. The summed E-state index contributed by atoms with van der Waals surface area (Å²) in [7, 11) is 0. The minimum atomic E-state index is -0.0762. The zero-order chi connectivity index (χ0) is 13.9.